The van der Waals surface area contributed by atoms with Gasteiger partial charge in [-0.3, -0.25) is 0 Å². The summed E-state index contributed by atoms with van der Waals surface area (Å²) in [5, 5.41) is 0. The van der Waals surface area contributed by atoms with Crippen molar-refractivity contribution in [2.75, 3.05) is 5.43 Å². The Hall–Kier alpha value is -0.511. The van der Waals surface area contributed by atoms with Gasteiger partial charge >= 0.3 is 67.6 Å². The van der Waals surface area contributed by atoms with Crippen molar-refractivity contribution in [3.8, 4) is 0 Å². The third-order valence-corrected chi connectivity index (χ3v) is 1.46. The van der Waals surface area contributed by atoms with E-state index in [0.717, 1.165) is 0 Å². The summed E-state index contributed by atoms with van der Waals surface area (Å²) in [6.07, 6.45) is 4.62. The number of aromatic nitrogens is 2. The van der Waals surface area contributed by atoms with E-state index in [-0.39, 0.29) is 4.81 Å². The van der Waals surface area contributed by atoms with Crippen LogP contribution in [-0.4, -0.2) is 14.5 Å². The molecule has 0 fully saturated rings. The standard InChI is InChI=1S/C4H4N3O.ClH.Cu/c8-4-6-7-2-1-5-3-7;;/h1-3H,(H,6,8);1H;/q;;+1/p-1. The molecule has 1 aromatic heterocycles. The molecule has 0 aliphatic heterocycles. The molecule has 0 spiro atoms. The first-order chi connectivity index (χ1) is 4.83. The number of halogens is 1. The SMILES string of the molecule is O=[C](Nn1ccnc1)[Cu][Cl]. The van der Waals surface area contributed by atoms with Crippen molar-refractivity contribution in [2.45, 2.75) is 0 Å². The molecule has 0 aromatic carbocycles. The van der Waals surface area contributed by atoms with Crippen molar-refractivity contribution < 1.29 is 18.8 Å². The third-order valence-electron chi connectivity index (χ3n) is 0.765. The summed E-state index contributed by atoms with van der Waals surface area (Å²) in [5.41, 5.74) is 2.41. The van der Waals surface area contributed by atoms with Gasteiger partial charge in [0.2, 0.25) is 0 Å². The van der Waals surface area contributed by atoms with Crippen molar-refractivity contribution in [1.29, 1.82) is 0 Å². The average Bonchev–Trinajstić information content (AvgIpc) is 2.40. The summed E-state index contributed by atoms with van der Waals surface area (Å²) >= 11 is 0.677. The first-order valence-corrected chi connectivity index (χ1v) is 4.08. The first kappa shape index (κ1) is 7.59. The molecule has 1 heterocycles. The fourth-order valence-corrected chi connectivity index (χ4v) is 0.696. The van der Waals surface area contributed by atoms with Crippen LogP contribution < -0.4 is 5.43 Å². The molecule has 1 amide bonds. The molecule has 4 nitrogen and oxygen atoms in total. The average molecular weight is 209 g/mol. The van der Waals surface area contributed by atoms with Crippen LogP contribution in [0.15, 0.2) is 18.7 Å². The molecule has 1 rings (SSSR count). The van der Waals surface area contributed by atoms with E-state index in [9.17, 15) is 4.79 Å². The molecule has 0 saturated carbocycles. The van der Waals surface area contributed by atoms with Crippen LogP contribution >= 0.6 is 10.1 Å². The van der Waals surface area contributed by atoms with Crippen molar-refractivity contribution in [2.24, 2.45) is 0 Å². The minimum atomic E-state index is -0.344. The van der Waals surface area contributed by atoms with E-state index in [1.165, 1.54) is 11.0 Å². The van der Waals surface area contributed by atoms with Gasteiger partial charge < -0.3 is 0 Å². The maximum atomic E-state index is 10.5. The molecule has 0 radical (unpaired) electrons. The molecule has 10 heavy (non-hydrogen) atoms. The predicted molar refractivity (Wildman–Crippen MR) is 32.8 cm³/mol. The molecule has 1 N–H and O–H groups in total. The van der Waals surface area contributed by atoms with Crippen molar-refractivity contribution in [1.82, 2.24) is 9.66 Å². The second kappa shape index (κ2) is 3.61. The van der Waals surface area contributed by atoms with Crippen LogP contribution in [0.1, 0.15) is 0 Å². The fourth-order valence-electron chi connectivity index (χ4n) is 0.430. The van der Waals surface area contributed by atoms with Gasteiger partial charge in [0, 0.05) is 0 Å². The van der Waals surface area contributed by atoms with Gasteiger partial charge in [-0.15, -0.1) is 0 Å². The molecule has 0 saturated heterocycles. The zero-order valence-electron chi connectivity index (χ0n) is 4.71. The fraction of sp³-hybridized carbons (Fsp3) is 0. The van der Waals surface area contributed by atoms with Gasteiger partial charge in [0.25, 0.3) is 0 Å². The summed E-state index contributed by atoms with van der Waals surface area (Å²) in [6, 6.07) is 0. The summed E-state index contributed by atoms with van der Waals surface area (Å²) in [5.74, 6) is 0. The molecule has 59 valence electrons. The molecule has 0 aliphatic carbocycles. The van der Waals surface area contributed by atoms with E-state index in [2.05, 4.69) is 10.4 Å². The number of hydrogen-bond donors (Lipinski definition) is 1. The molecular weight excluding hydrogens is 205 g/mol. The number of nitrogens with zero attached hydrogens (tertiary/aromatic N) is 2. The Labute approximate surface area is 67.9 Å². The van der Waals surface area contributed by atoms with E-state index in [1.54, 1.807) is 12.4 Å². The van der Waals surface area contributed by atoms with Gasteiger partial charge in [0.15, 0.2) is 0 Å². The normalized spacial score (nSPS) is 9.70. The molecular formula is C4H4ClCuN3O. The van der Waals surface area contributed by atoms with Gasteiger partial charge in [-0.2, -0.15) is 0 Å². The quantitative estimate of drug-likeness (QED) is 0.731. The number of rotatable bonds is 2. The van der Waals surface area contributed by atoms with Crippen molar-refractivity contribution in [3.05, 3.63) is 18.7 Å². The van der Waals surface area contributed by atoms with Crippen LogP contribution in [-0.2, 0) is 14.0 Å². The number of hydrogen-bond acceptors (Lipinski definition) is 2. The van der Waals surface area contributed by atoms with Crippen LogP contribution in [0, 0.1) is 0 Å². The van der Waals surface area contributed by atoms with Gasteiger partial charge in [-0.25, -0.2) is 0 Å². The number of carbonyl (C=O) groups is 1. The first-order valence-electron chi connectivity index (χ1n) is 2.31. The molecule has 0 aliphatic rings. The number of nitrogens with one attached hydrogen (secondary N) is 1. The summed E-state index contributed by atoms with van der Waals surface area (Å²) in [6.45, 7) is 0. The van der Waals surface area contributed by atoms with E-state index in [0.29, 0.717) is 14.0 Å². The Morgan fingerprint density at radius 2 is 2.60 bits per heavy atom. The van der Waals surface area contributed by atoms with Gasteiger partial charge in [-0.1, -0.05) is 0 Å². The number of imidazole rings is 1. The third kappa shape index (κ3) is 2.02. The summed E-state index contributed by atoms with van der Waals surface area (Å²) < 4.78 is 1.41. The topological polar surface area (TPSA) is 46.9 Å². The van der Waals surface area contributed by atoms with Crippen LogP contribution in [0.4, 0.5) is 4.79 Å². The van der Waals surface area contributed by atoms with E-state index < -0.39 is 0 Å². The van der Waals surface area contributed by atoms with Crippen LogP contribution in [0.25, 0.3) is 0 Å². The summed E-state index contributed by atoms with van der Waals surface area (Å²) in [4.78, 5) is 13.9. The van der Waals surface area contributed by atoms with E-state index >= 15 is 0 Å². The molecule has 0 unspecified atom stereocenters. The van der Waals surface area contributed by atoms with Crippen LogP contribution in [0.3, 0.4) is 0 Å². The predicted octanol–water partition coefficient (Wildman–Crippen LogP) is 0.783. The molecule has 1 aromatic rings. The Bertz CT molecular complexity index is 212. The minimum absolute atomic E-state index is 0.344. The van der Waals surface area contributed by atoms with E-state index in [4.69, 9.17) is 10.1 Å². The van der Waals surface area contributed by atoms with Gasteiger partial charge in [0.05, 0.1) is 0 Å². The Morgan fingerprint density at radius 1 is 1.80 bits per heavy atom. The monoisotopic (exact) mass is 208 g/mol. The maximum absolute atomic E-state index is 10.5. The summed E-state index contributed by atoms with van der Waals surface area (Å²) in [7, 11) is 5.13. The number of carbonyl (C=O) groups excluding carboxylic acids is 1. The Kier molecular flexibility index (Phi) is 2.74. The number of amides is 1. The second-order valence-electron chi connectivity index (χ2n) is 1.38. The molecule has 0 bridgehead atoms. The van der Waals surface area contributed by atoms with Crippen LogP contribution in [0.5, 0.6) is 0 Å². The Balaban J connectivity index is 2.48. The zero-order valence-corrected chi connectivity index (χ0v) is 6.41. The van der Waals surface area contributed by atoms with Crippen molar-refractivity contribution >= 4 is 14.9 Å². The van der Waals surface area contributed by atoms with E-state index in [1.807, 2.05) is 0 Å². The molecule has 6 heteroatoms. The van der Waals surface area contributed by atoms with Gasteiger partial charge in [0.1, 0.15) is 0 Å². The zero-order chi connectivity index (χ0) is 7.40. The second-order valence-corrected chi connectivity index (χ2v) is 2.45. The van der Waals surface area contributed by atoms with Gasteiger partial charge in [-0.05, 0) is 0 Å². The van der Waals surface area contributed by atoms with Crippen molar-refractivity contribution in [3.63, 3.8) is 0 Å². The molecule has 0 atom stereocenters. The van der Waals surface area contributed by atoms with Crippen LogP contribution in [0.2, 0.25) is 0 Å². The Morgan fingerprint density at radius 3 is 3.10 bits per heavy atom.